The lowest BCUT2D eigenvalue weighted by molar-refractivity contribution is -0.0129. The first-order valence-corrected chi connectivity index (χ1v) is 6.92. The van der Waals surface area contributed by atoms with Crippen molar-refractivity contribution in [1.82, 2.24) is 4.90 Å². The first-order chi connectivity index (χ1) is 7.88. The van der Waals surface area contributed by atoms with Crippen LogP contribution in [0.1, 0.15) is 38.5 Å². The van der Waals surface area contributed by atoms with Crippen molar-refractivity contribution in [2.45, 2.75) is 44.6 Å². The van der Waals surface area contributed by atoms with E-state index in [2.05, 4.69) is 4.90 Å². The Kier molecular flexibility index (Phi) is 5.07. The van der Waals surface area contributed by atoms with E-state index >= 15 is 0 Å². The van der Waals surface area contributed by atoms with Gasteiger partial charge in [0.1, 0.15) is 0 Å². The molecule has 2 rings (SSSR count). The van der Waals surface area contributed by atoms with E-state index in [9.17, 15) is 0 Å². The highest BCUT2D eigenvalue weighted by molar-refractivity contribution is 4.76. The van der Waals surface area contributed by atoms with E-state index in [1.54, 1.807) is 0 Å². The molecule has 0 radical (unpaired) electrons. The molecule has 3 heteroatoms. The Labute approximate surface area is 99.3 Å². The van der Waals surface area contributed by atoms with Crippen LogP contribution in [0.3, 0.4) is 0 Å². The van der Waals surface area contributed by atoms with Crippen LogP contribution in [0.15, 0.2) is 0 Å². The van der Waals surface area contributed by atoms with Gasteiger partial charge in [0.25, 0.3) is 0 Å². The van der Waals surface area contributed by atoms with Crippen LogP contribution in [-0.4, -0.2) is 43.8 Å². The maximum absolute atomic E-state index is 5.81. The third-order valence-electron chi connectivity index (χ3n) is 3.91. The van der Waals surface area contributed by atoms with Crippen LogP contribution in [0.4, 0.5) is 0 Å². The zero-order valence-corrected chi connectivity index (χ0v) is 10.4. The predicted molar refractivity (Wildman–Crippen MR) is 66.4 cm³/mol. The van der Waals surface area contributed by atoms with Crippen molar-refractivity contribution in [3.05, 3.63) is 0 Å². The van der Waals surface area contributed by atoms with Crippen molar-refractivity contribution in [2.24, 2.45) is 11.7 Å². The maximum Gasteiger partial charge on any atom is 0.0702 e. The van der Waals surface area contributed by atoms with Gasteiger partial charge in [-0.15, -0.1) is 0 Å². The maximum atomic E-state index is 5.81. The second-order valence-corrected chi connectivity index (χ2v) is 5.33. The van der Waals surface area contributed by atoms with Crippen LogP contribution in [0.5, 0.6) is 0 Å². The van der Waals surface area contributed by atoms with Crippen LogP contribution in [0, 0.1) is 5.92 Å². The normalized spacial score (nSPS) is 32.8. The van der Waals surface area contributed by atoms with Crippen LogP contribution >= 0.6 is 0 Å². The molecule has 2 aliphatic rings. The Hall–Kier alpha value is -0.120. The molecule has 0 bridgehead atoms. The molecule has 3 nitrogen and oxygen atoms in total. The Morgan fingerprint density at radius 1 is 1.19 bits per heavy atom. The van der Waals surface area contributed by atoms with Gasteiger partial charge in [0.05, 0.1) is 6.10 Å². The Morgan fingerprint density at radius 3 is 2.88 bits per heavy atom. The summed E-state index contributed by atoms with van der Waals surface area (Å²) in [7, 11) is 0. The Bertz CT molecular complexity index is 190. The van der Waals surface area contributed by atoms with E-state index in [0.717, 1.165) is 25.6 Å². The summed E-state index contributed by atoms with van der Waals surface area (Å²) in [5.74, 6) is 0.836. The first-order valence-electron chi connectivity index (χ1n) is 6.92. The fraction of sp³-hybridized carbons (Fsp3) is 1.00. The molecule has 16 heavy (non-hydrogen) atoms. The molecule has 0 aromatic carbocycles. The number of piperidine rings is 1. The van der Waals surface area contributed by atoms with Gasteiger partial charge in [0.15, 0.2) is 0 Å². The minimum absolute atomic E-state index is 0.505. The molecule has 2 heterocycles. The molecule has 0 amide bonds. The third kappa shape index (κ3) is 3.72. The van der Waals surface area contributed by atoms with E-state index < -0.39 is 0 Å². The van der Waals surface area contributed by atoms with Gasteiger partial charge in [-0.05, 0) is 57.5 Å². The lowest BCUT2D eigenvalue weighted by atomic mass is 9.94. The van der Waals surface area contributed by atoms with Crippen molar-refractivity contribution in [3.63, 3.8) is 0 Å². The lowest BCUT2D eigenvalue weighted by Crippen LogP contribution is -2.42. The summed E-state index contributed by atoms with van der Waals surface area (Å²) in [5, 5.41) is 0. The van der Waals surface area contributed by atoms with Gasteiger partial charge >= 0.3 is 0 Å². The largest absolute Gasteiger partial charge is 0.377 e. The molecule has 0 aromatic heterocycles. The molecule has 0 aromatic rings. The summed E-state index contributed by atoms with van der Waals surface area (Å²) < 4.78 is 5.81. The van der Waals surface area contributed by atoms with Gasteiger partial charge < -0.3 is 15.4 Å². The molecule has 94 valence electrons. The van der Waals surface area contributed by atoms with Gasteiger partial charge in [0, 0.05) is 19.7 Å². The minimum atomic E-state index is 0.505. The van der Waals surface area contributed by atoms with Crippen molar-refractivity contribution in [3.8, 4) is 0 Å². The zero-order chi connectivity index (χ0) is 11.2. The van der Waals surface area contributed by atoms with Crippen LogP contribution in [-0.2, 0) is 4.74 Å². The summed E-state index contributed by atoms with van der Waals surface area (Å²) >= 11 is 0. The number of ether oxygens (including phenoxy) is 1. The number of nitrogens with zero attached hydrogens (tertiary/aromatic N) is 1. The van der Waals surface area contributed by atoms with E-state index in [0.29, 0.717) is 6.10 Å². The van der Waals surface area contributed by atoms with Crippen molar-refractivity contribution >= 4 is 0 Å². The van der Waals surface area contributed by atoms with Gasteiger partial charge in [0.2, 0.25) is 0 Å². The number of likely N-dealkylation sites (tertiary alicyclic amines) is 1. The standard InChI is InChI=1S/C13H26N2O/c14-7-6-12-4-3-8-15(10-12)11-13-5-1-2-9-16-13/h12-13H,1-11,14H2. The molecule has 0 spiro atoms. The number of rotatable bonds is 4. The second kappa shape index (κ2) is 6.58. The van der Waals surface area contributed by atoms with Gasteiger partial charge in [-0.2, -0.15) is 0 Å². The van der Waals surface area contributed by atoms with E-state index in [4.69, 9.17) is 10.5 Å². The monoisotopic (exact) mass is 226 g/mol. The molecular formula is C13H26N2O. The third-order valence-corrected chi connectivity index (χ3v) is 3.91. The molecule has 2 N–H and O–H groups in total. The zero-order valence-electron chi connectivity index (χ0n) is 10.4. The molecule has 0 aliphatic carbocycles. The molecule has 2 fully saturated rings. The summed E-state index contributed by atoms with van der Waals surface area (Å²) in [4.78, 5) is 2.60. The number of nitrogens with two attached hydrogens (primary N) is 1. The highest BCUT2D eigenvalue weighted by Gasteiger charge is 2.23. The minimum Gasteiger partial charge on any atom is -0.377 e. The first kappa shape index (κ1) is 12.3. The summed E-state index contributed by atoms with van der Waals surface area (Å²) in [6.07, 6.45) is 8.29. The van der Waals surface area contributed by atoms with Gasteiger partial charge in [-0.1, -0.05) is 0 Å². The summed E-state index contributed by atoms with van der Waals surface area (Å²) in [6.45, 7) is 5.49. The molecule has 2 unspecified atom stereocenters. The summed E-state index contributed by atoms with van der Waals surface area (Å²) in [6, 6.07) is 0. The molecular weight excluding hydrogens is 200 g/mol. The van der Waals surface area contributed by atoms with Gasteiger partial charge in [-0.3, -0.25) is 0 Å². The SMILES string of the molecule is NCCC1CCCN(CC2CCCCO2)C1. The van der Waals surface area contributed by atoms with E-state index in [1.165, 1.54) is 51.6 Å². The topological polar surface area (TPSA) is 38.5 Å². The Morgan fingerprint density at radius 2 is 2.12 bits per heavy atom. The van der Waals surface area contributed by atoms with Crippen molar-refractivity contribution < 1.29 is 4.74 Å². The van der Waals surface area contributed by atoms with E-state index in [1.807, 2.05) is 0 Å². The van der Waals surface area contributed by atoms with Gasteiger partial charge in [-0.25, -0.2) is 0 Å². The lowest BCUT2D eigenvalue weighted by Gasteiger charge is -2.35. The molecule has 2 atom stereocenters. The number of hydrogen-bond acceptors (Lipinski definition) is 3. The average Bonchev–Trinajstić information content (AvgIpc) is 2.31. The second-order valence-electron chi connectivity index (χ2n) is 5.33. The van der Waals surface area contributed by atoms with Crippen molar-refractivity contribution in [2.75, 3.05) is 32.8 Å². The molecule has 2 aliphatic heterocycles. The van der Waals surface area contributed by atoms with E-state index in [-0.39, 0.29) is 0 Å². The molecule has 2 saturated heterocycles. The van der Waals surface area contributed by atoms with Crippen LogP contribution in [0.25, 0.3) is 0 Å². The molecule has 0 saturated carbocycles. The van der Waals surface area contributed by atoms with Crippen molar-refractivity contribution in [1.29, 1.82) is 0 Å². The Balaban J connectivity index is 1.71. The van der Waals surface area contributed by atoms with Crippen LogP contribution in [0.2, 0.25) is 0 Å². The smallest absolute Gasteiger partial charge is 0.0702 e. The van der Waals surface area contributed by atoms with Crippen LogP contribution < -0.4 is 5.73 Å². The quantitative estimate of drug-likeness (QED) is 0.791. The fourth-order valence-corrected chi connectivity index (χ4v) is 3.03. The summed E-state index contributed by atoms with van der Waals surface area (Å²) in [5.41, 5.74) is 5.65. The highest BCUT2D eigenvalue weighted by Crippen LogP contribution is 2.21. The predicted octanol–water partition coefficient (Wildman–Crippen LogP) is 1.62. The number of hydrogen-bond donors (Lipinski definition) is 1. The average molecular weight is 226 g/mol. The highest BCUT2D eigenvalue weighted by atomic mass is 16.5. The fourth-order valence-electron chi connectivity index (χ4n) is 3.03.